The lowest BCUT2D eigenvalue weighted by atomic mass is 10.2. The largest absolute Gasteiger partial charge is 0.399 e. The number of para-hydroxylation sites is 1. The van der Waals surface area contributed by atoms with E-state index >= 15 is 0 Å². The molecule has 0 aliphatic carbocycles. The molecule has 0 saturated heterocycles. The van der Waals surface area contributed by atoms with Crippen molar-refractivity contribution in [2.75, 3.05) is 17.1 Å². The van der Waals surface area contributed by atoms with Gasteiger partial charge in [-0.3, -0.25) is 4.31 Å². The monoisotopic (exact) mass is 276 g/mol. The fraction of sp³-hybridized carbons (Fsp3) is 0.143. The van der Waals surface area contributed by atoms with Gasteiger partial charge in [-0.15, -0.1) is 0 Å². The van der Waals surface area contributed by atoms with Crippen molar-refractivity contribution < 1.29 is 8.42 Å². The average Bonchev–Trinajstić information content (AvgIpc) is 2.41. The smallest absolute Gasteiger partial charge is 0.264 e. The molecule has 0 amide bonds. The van der Waals surface area contributed by atoms with Crippen LogP contribution in [0, 0.1) is 6.92 Å². The molecule has 19 heavy (non-hydrogen) atoms. The maximum Gasteiger partial charge on any atom is 0.264 e. The van der Waals surface area contributed by atoms with Gasteiger partial charge in [0.25, 0.3) is 10.0 Å². The molecule has 2 N–H and O–H groups in total. The van der Waals surface area contributed by atoms with Crippen LogP contribution in [0.1, 0.15) is 5.56 Å². The molecule has 100 valence electrons. The van der Waals surface area contributed by atoms with Crippen molar-refractivity contribution in [3.05, 3.63) is 54.1 Å². The zero-order valence-corrected chi connectivity index (χ0v) is 11.7. The Kier molecular flexibility index (Phi) is 3.48. The van der Waals surface area contributed by atoms with E-state index in [1.165, 1.54) is 17.4 Å². The number of anilines is 2. The minimum Gasteiger partial charge on any atom is -0.399 e. The van der Waals surface area contributed by atoms with Gasteiger partial charge in [0, 0.05) is 12.7 Å². The van der Waals surface area contributed by atoms with Crippen molar-refractivity contribution in [1.29, 1.82) is 0 Å². The third-order valence-electron chi connectivity index (χ3n) is 2.97. The van der Waals surface area contributed by atoms with Gasteiger partial charge in [0.15, 0.2) is 0 Å². The molecule has 4 nitrogen and oxygen atoms in total. The molecular formula is C14H16N2O2S. The number of hydrogen-bond donors (Lipinski definition) is 1. The first-order valence-corrected chi connectivity index (χ1v) is 7.27. The van der Waals surface area contributed by atoms with Crippen LogP contribution in [0.3, 0.4) is 0 Å². The van der Waals surface area contributed by atoms with Gasteiger partial charge in [0.1, 0.15) is 0 Å². The molecule has 0 radical (unpaired) electrons. The van der Waals surface area contributed by atoms with Crippen molar-refractivity contribution >= 4 is 21.4 Å². The number of nitrogen functional groups attached to an aromatic ring is 1. The predicted molar refractivity (Wildman–Crippen MR) is 77.6 cm³/mol. The summed E-state index contributed by atoms with van der Waals surface area (Å²) < 4.78 is 26.4. The van der Waals surface area contributed by atoms with Crippen LogP contribution < -0.4 is 10.0 Å². The lowest BCUT2D eigenvalue weighted by Gasteiger charge is -2.20. The summed E-state index contributed by atoms with van der Waals surface area (Å²) in [5.41, 5.74) is 7.41. The standard InChI is InChI=1S/C14H16N2O2S/c1-11-8-9-12(15)10-14(11)19(17,18)16(2)13-6-4-3-5-7-13/h3-10H,15H2,1-2H3. The van der Waals surface area contributed by atoms with E-state index in [4.69, 9.17) is 5.73 Å². The van der Waals surface area contributed by atoms with Crippen molar-refractivity contribution in [3.63, 3.8) is 0 Å². The Balaban J connectivity index is 2.51. The van der Waals surface area contributed by atoms with E-state index in [9.17, 15) is 8.42 Å². The molecule has 0 atom stereocenters. The number of hydrogen-bond acceptors (Lipinski definition) is 3. The SMILES string of the molecule is Cc1ccc(N)cc1S(=O)(=O)N(C)c1ccccc1. The minimum atomic E-state index is -3.59. The summed E-state index contributed by atoms with van der Waals surface area (Å²) in [6, 6.07) is 13.8. The summed E-state index contributed by atoms with van der Waals surface area (Å²) in [7, 11) is -2.06. The van der Waals surface area contributed by atoms with Gasteiger partial charge in [-0.25, -0.2) is 8.42 Å². The lowest BCUT2D eigenvalue weighted by molar-refractivity contribution is 0.594. The predicted octanol–water partition coefficient (Wildman–Crippen LogP) is 2.40. The van der Waals surface area contributed by atoms with E-state index in [0.717, 1.165) is 0 Å². The maximum atomic E-state index is 12.6. The second kappa shape index (κ2) is 4.93. The van der Waals surface area contributed by atoms with Crippen LogP contribution in [-0.4, -0.2) is 15.5 Å². The topological polar surface area (TPSA) is 63.4 Å². The van der Waals surface area contributed by atoms with Gasteiger partial charge in [-0.05, 0) is 36.8 Å². The first-order valence-electron chi connectivity index (χ1n) is 5.83. The number of sulfonamides is 1. The van der Waals surface area contributed by atoms with Gasteiger partial charge in [0.2, 0.25) is 0 Å². The highest BCUT2D eigenvalue weighted by Gasteiger charge is 2.23. The number of nitrogens with zero attached hydrogens (tertiary/aromatic N) is 1. The van der Waals surface area contributed by atoms with Crippen molar-refractivity contribution in [3.8, 4) is 0 Å². The number of aryl methyl sites for hydroxylation is 1. The van der Waals surface area contributed by atoms with E-state index in [-0.39, 0.29) is 4.90 Å². The molecule has 0 unspecified atom stereocenters. The van der Waals surface area contributed by atoms with Gasteiger partial charge >= 0.3 is 0 Å². The van der Waals surface area contributed by atoms with E-state index in [2.05, 4.69) is 0 Å². The zero-order valence-electron chi connectivity index (χ0n) is 10.9. The Hall–Kier alpha value is -2.01. The second-order valence-electron chi connectivity index (χ2n) is 4.33. The van der Waals surface area contributed by atoms with Gasteiger partial charge in [-0.1, -0.05) is 24.3 Å². The average molecular weight is 276 g/mol. The molecule has 2 aromatic rings. The normalized spacial score (nSPS) is 11.3. The van der Waals surface area contributed by atoms with Gasteiger partial charge in [0.05, 0.1) is 10.6 Å². The van der Waals surface area contributed by atoms with E-state index in [1.54, 1.807) is 43.3 Å². The summed E-state index contributed by atoms with van der Waals surface area (Å²) in [5.74, 6) is 0. The highest BCUT2D eigenvalue weighted by atomic mass is 32.2. The molecule has 0 aliphatic rings. The fourth-order valence-corrected chi connectivity index (χ4v) is 3.27. The first-order chi connectivity index (χ1) is 8.93. The van der Waals surface area contributed by atoms with Crippen LogP contribution in [0.5, 0.6) is 0 Å². The Morgan fingerprint density at radius 1 is 1.05 bits per heavy atom. The molecule has 0 aromatic heterocycles. The molecule has 0 bridgehead atoms. The molecule has 5 heteroatoms. The summed E-state index contributed by atoms with van der Waals surface area (Å²) in [6.07, 6.45) is 0. The number of nitrogens with two attached hydrogens (primary N) is 1. The molecular weight excluding hydrogens is 260 g/mol. The van der Waals surface area contributed by atoms with E-state index < -0.39 is 10.0 Å². The van der Waals surface area contributed by atoms with Crippen molar-refractivity contribution in [1.82, 2.24) is 0 Å². The highest BCUT2D eigenvalue weighted by Crippen LogP contribution is 2.25. The summed E-state index contributed by atoms with van der Waals surface area (Å²) in [6.45, 7) is 1.76. The van der Waals surface area contributed by atoms with Crippen LogP contribution in [0.4, 0.5) is 11.4 Å². The second-order valence-corrected chi connectivity index (χ2v) is 6.27. The number of benzene rings is 2. The van der Waals surface area contributed by atoms with Gasteiger partial charge in [-0.2, -0.15) is 0 Å². The fourth-order valence-electron chi connectivity index (χ4n) is 1.82. The lowest BCUT2D eigenvalue weighted by Crippen LogP contribution is -2.27. The van der Waals surface area contributed by atoms with E-state index in [1.807, 2.05) is 6.07 Å². The molecule has 0 aliphatic heterocycles. The van der Waals surface area contributed by atoms with Crippen molar-refractivity contribution in [2.24, 2.45) is 0 Å². The van der Waals surface area contributed by atoms with Gasteiger partial charge < -0.3 is 5.73 Å². The third-order valence-corrected chi connectivity index (χ3v) is 4.90. The molecule has 0 saturated carbocycles. The Morgan fingerprint density at radius 2 is 1.68 bits per heavy atom. The Morgan fingerprint density at radius 3 is 2.32 bits per heavy atom. The summed E-state index contributed by atoms with van der Waals surface area (Å²) in [5, 5.41) is 0. The molecule has 2 aromatic carbocycles. The van der Waals surface area contributed by atoms with Crippen LogP contribution in [-0.2, 0) is 10.0 Å². The van der Waals surface area contributed by atoms with Crippen LogP contribution >= 0.6 is 0 Å². The quantitative estimate of drug-likeness (QED) is 0.876. The van der Waals surface area contributed by atoms with Crippen LogP contribution in [0.2, 0.25) is 0 Å². The highest BCUT2D eigenvalue weighted by molar-refractivity contribution is 7.92. The van der Waals surface area contributed by atoms with E-state index in [0.29, 0.717) is 16.9 Å². The van der Waals surface area contributed by atoms with Crippen LogP contribution in [0.15, 0.2) is 53.4 Å². The molecule has 0 spiro atoms. The molecule has 0 heterocycles. The van der Waals surface area contributed by atoms with Crippen LogP contribution in [0.25, 0.3) is 0 Å². The minimum absolute atomic E-state index is 0.235. The number of rotatable bonds is 3. The molecule has 0 fully saturated rings. The Bertz CT molecular complexity index is 682. The maximum absolute atomic E-state index is 12.6. The van der Waals surface area contributed by atoms with Crippen molar-refractivity contribution in [2.45, 2.75) is 11.8 Å². The summed E-state index contributed by atoms with van der Waals surface area (Å²) >= 11 is 0. The Labute approximate surface area is 113 Å². The first kappa shape index (κ1) is 13.4. The third kappa shape index (κ3) is 2.56. The summed E-state index contributed by atoms with van der Waals surface area (Å²) in [4.78, 5) is 0.235. The zero-order chi connectivity index (χ0) is 14.0. The molecule has 2 rings (SSSR count).